The van der Waals surface area contributed by atoms with Crippen molar-refractivity contribution in [3.63, 3.8) is 0 Å². The third-order valence-electron chi connectivity index (χ3n) is 2.63. The largest absolute Gasteiger partial charge is 0.250 e. The molecular weight excluding hydrogens is 402 g/mol. The van der Waals surface area contributed by atoms with Gasteiger partial charge in [-0.05, 0) is 46.8 Å². The van der Waals surface area contributed by atoms with E-state index < -0.39 is 10.0 Å². The van der Waals surface area contributed by atoms with Gasteiger partial charge in [-0.3, -0.25) is 0 Å². The summed E-state index contributed by atoms with van der Waals surface area (Å²) < 4.78 is 28.5. The highest BCUT2D eigenvalue weighted by atomic mass is 79.9. The average Bonchev–Trinajstić information content (AvgIpc) is 2.59. The second-order valence-electron chi connectivity index (χ2n) is 4.47. The molecule has 0 bridgehead atoms. The zero-order valence-corrected chi connectivity index (χ0v) is 15.3. The first-order valence-electron chi connectivity index (χ1n) is 5.62. The minimum absolute atomic E-state index is 0.0458. The van der Waals surface area contributed by atoms with Gasteiger partial charge in [-0.25, -0.2) is 13.1 Å². The Labute approximate surface area is 130 Å². The van der Waals surface area contributed by atoms with Crippen molar-refractivity contribution in [2.24, 2.45) is 5.92 Å². The molecule has 1 rings (SSSR count). The zero-order chi connectivity index (χ0) is 13.9. The predicted molar refractivity (Wildman–Crippen MR) is 84.1 cm³/mol. The fourth-order valence-corrected chi connectivity index (χ4v) is 5.62. The second kappa shape index (κ2) is 6.83. The van der Waals surface area contributed by atoms with Crippen LogP contribution in [-0.2, 0) is 10.0 Å². The first-order valence-corrected chi connectivity index (χ1v) is 9.83. The van der Waals surface area contributed by atoms with Gasteiger partial charge in [0.1, 0.15) is 4.21 Å². The molecule has 1 unspecified atom stereocenters. The minimum atomic E-state index is -3.41. The van der Waals surface area contributed by atoms with Crippen LogP contribution in [0.1, 0.15) is 25.8 Å². The molecule has 7 heteroatoms. The standard InChI is InChI=1S/C11H17Br2NO2S2/c1-7(2)9(4-5-12)14-18(15,16)10-6-8(3)11(13)17-10/h6-7,9,14H,4-5H2,1-3H3. The van der Waals surface area contributed by atoms with Gasteiger partial charge >= 0.3 is 0 Å². The van der Waals surface area contributed by atoms with E-state index in [9.17, 15) is 8.42 Å². The number of halogens is 2. The number of aryl methyl sites for hydroxylation is 1. The smallest absolute Gasteiger partial charge is 0.207 e. The zero-order valence-electron chi connectivity index (χ0n) is 10.5. The van der Waals surface area contributed by atoms with Crippen LogP contribution in [0.15, 0.2) is 14.1 Å². The molecule has 0 spiro atoms. The number of alkyl halides is 1. The third-order valence-corrected chi connectivity index (χ3v) is 7.19. The number of hydrogen-bond acceptors (Lipinski definition) is 3. The summed E-state index contributed by atoms with van der Waals surface area (Å²) in [4.78, 5) is 0. The van der Waals surface area contributed by atoms with E-state index in [1.165, 1.54) is 11.3 Å². The fraction of sp³-hybridized carbons (Fsp3) is 0.636. The summed E-state index contributed by atoms with van der Waals surface area (Å²) in [7, 11) is -3.41. The van der Waals surface area contributed by atoms with Crippen LogP contribution in [0.5, 0.6) is 0 Å². The van der Waals surface area contributed by atoms with Gasteiger partial charge in [0.05, 0.1) is 3.79 Å². The molecule has 1 atom stereocenters. The molecule has 0 aliphatic rings. The van der Waals surface area contributed by atoms with E-state index in [0.717, 1.165) is 21.1 Å². The molecule has 0 saturated carbocycles. The van der Waals surface area contributed by atoms with E-state index in [1.54, 1.807) is 6.07 Å². The monoisotopic (exact) mass is 417 g/mol. The Balaban J connectivity index is 2.93. The van der Waals surface area contributed by atoms with Gasteiger partial charge in [0.2, 0.25) is 10.0 Å². The van der Waals surface area contributed by atoms with Gasteiger partial charge in [-0.1, -0.05) is 29.8 Å². The summed E-state index contributed by atoms with van der Waals surface area (Å²) in [6.45, 7) is 5.93. The molecule has 0 amide bonds. The topological polar surface area (TPSA) is 46.2 Å². The lowest BCUT2D eigenvalue weighted by atomic mass is 10.0. The molecule has 0 aliphatic heterocycles. The van der Waals surface area contributed by atoms with Crippen LogP contribution in [0.4, 0.5) is 0 Å². The van der Waals surface area contributed by atoms with Crippen molar-refractivity contribution >= 4 is 53.2 Å². The Morgan fingerprint density at radius 1 is 1.44 bits per heavy atom. The van der Waals surface area contributed by atoms with E-state index in [1.807, 2.05) is 20.8 Å². The van der Waals surface area contributed by atoms with E-state index in [-0.39, 0.29) is 12.0 Å². The normalized spacial score (nSPS) is 14.1. The van der Waals surface area contributed by atoms with Gasteiger partial charge < -0.3 is 0 Å². The summed E-state index contributed by atoms with van der Waals surface area (Å²) >= 11 is 7.96. The summed E-state index contributed by atoms with van der Waals surface area (Å²) in [6.07, 6.45) is 0.780. The van der Waals surface area contributed by atoms with Gasteiger partial charge in [0, 0.05) is 11.4 Å². The van der Waals surface area contributed by atoms with Crippen LogP contribution < -0.4 is 4.72 Å². The van der Waals surface area contributed by atoms with Crippen LogP contribution >= 0.6 is 43.2 Å². The number of rotatable bonds is 6. The van der Waals surface area contributed by atoms with Gasteiger partial charge in [-0.15, -0.1) is 11.3 Å². The minimum Gasteiger partial charge on any atom is -0.207 e. The lowest BCUT2D eigenvalue weighted by molar-refractivity contribution is 0.441. The molecule has 0 aliphatic carbocycles. The van der Waals surface area contributed by atoms with Crippen LogP contribution in [0, 0.1) is 12.8 Å². The Morgan fingerprint density at radius 2 is 2.06 bits per heavy atom. The first kappa shape index (κ1) is 16.6. The highest BCUT2D eigenvalue weighted by Gasteiger charge is 2.24. The highest BCUT2D eigenvalue weighted by Crippen LogP contribution is 2.30. The van der Waals surface area contributed by atoms with Gasteiger partial charge in [0.15, 0.2) is 0 Å². The van der Waals surface area contributed by atoms with Crippen molar-refractivity contribution in [1.29, 1.82) is 0 Å². The number of sulfonamides is 1. The fourth-order valence-electron chi connectivity index (χ4n) is 1.47. The molecule has 0 saturated heterocycles. The van der Waals surface area contributed by atoms with Crippen molar-refractivity contribution in [2.45, 2.75) is 37.4 Å². The Kier molecular flexibility index (Phi) is 6.31. The first-order chi connectivity index (χ1) is 8.27. The maximum Gasteiger partial charge on any atom is 0.250 e. The van der Waals surface area contributed by atoms with Crippen LogP contribution in [0.3, 0.4) is 0 Å². The molecule has 0 aromatic carbocycles. The Bertz CT molecular complexity index is 478. The second-order valence-corrected chi connectivity index (χ2v) is 9.58. The predicted octanol–water partition coefficient (Wildman–Crippen LogP) is 3.91. The van der Waals surface area contributed by atoms with E-state index in [2.05, 4.69) is 36.6 Å². The third kappa shape index (κ3) is 4.30. The number of hydrogen-bond donors (Lipinski definition) is 1. The van der Waals surface area contributed by atoms with E-state index >= 15 is 0 Å². The number of thiophene rings is 1. The molecule has 1 heterocycles. The van der Waals surface area contributed by atoms with Crippen molar-refractivity contribution < 1.29 is 8.42 Å². The summed E-state index contributed by atoms with van der Waals surface area (Å²) in [5.74, 6) is 0.266. The van der Waals surface area contributed by atoms with E-state index in [4.69, 9.17) is 0 Å². The molecule has 104 valence electrons. The lowest BCUT2D eigenvalue weighted by Gasteiger charge is -2.20. The summed E-state index contributed by atoms with van der Waals surface area (Å²) in [5, 5.41) is 0.783. The molecular formula is C11H17Br2NO2S2. The van der Waals surface area contributed by atoms with E-state index in [0.29, 0.717) is 4.21 Å². The maximum atomic E-state index is 12.3. The average molecular weight is 419 g/mol. The van der Waals surface area contributed by atoms with Crippen molar-refractivity contribution in [3.05, 3.63) is 15.4 Å². The quantitative estimate of drug-likeness (QED) is 0.711. The van der Waals surface area contributed by atoms with Gasteiger partial charge in [-0.2, -0.15) is 0 Å². The SMILES string of the molecule is Cc1cc(S(=O)(=O)NC(CCBr)C(C)C)sc1Br. The number of nitrogens with one attached hydrogen (secondary N) is 1. The van der Waals surface area contributed by atoms with Crippen LogP contribution in [-0.4, -0.2) is 19.8 Å². The molecule has 1 N–H and O–H groups in total. The summed E-state index contributed by atoms with van der Waals surface area (Å²) in [5.41, 5.74) is 0.946. The lowest BCUT2D eigenvalue weighted by Crippen LogP contribution is -2.38. The van der Waals surface area contributed by atoms with Crippen molar-refractivity contribution in [2.75, 3.05) is 5.33 Å². The maximum absolute atomic E-state index is 12.3. The van der Waals surface area contributed by atoms with Gasteiger partial charge in [0.25, 0.3) is 0 Å². The van der Waals surface area contributed by atoms with Crippen molar-refractivity contribution in [3.8, 4) is 0 Å². The molecule has 1 aromatic rings. The highest BCUT2D eigenvalue weighted by molar-refractivity contribution is 9.11. The molecule has 0 fully saturated rings. The summed E-state index contributed by atoms with van der Waals surface area (Å²) in [6, 6.07) is 1.65. The Hall–Kier alpha value is 0.570. The molecule has 0 radical (unpaired) electrons. The Morgan fingerprint density at radius 3 is 2.44 bits per heavy atom. The molecule has 18 heavy (non-hydrogen) atoms. The molecule has 1 aromatic heterocycles. The molecule has 3 nitrogen and oxygen atoms in total. The van der Waals surface area contributed by atoms with Crippen molar-refractivity contribution in [1.82, 2.24) is 4.72 Å². The van der Waals surface area contributed by atoms with Crippen LogP contribution in [0.2, 0.25) is 0 Å². The van der Waals surface area contributed by atoms with Crippen LogP contribution in [0.25, 0.3) is 0 Å².